The summed E-state index contributed by atoms with van der Waals surface area (Å²) in [4.78, 5) is 22.4. The topological polar surface area (TPSA) is 64.6 Å². The Labute approximate surface area is 90.1 Å². The Morgan fingerprint density at radius 3 is 2.33 bits per heavy atom. The molecule has 0 aromatic heterocycles. The minimum absolute atomic E-state index is 0.279. The first-order chi connectivity index (χ1) is 7.01. The second-order valence-corrected chi connectivity index (χ2v) is 3.57. The van der Waals surface area contributed by atoms with Crippen LogP contribution in [0.3, 0.4) is 0 Å². The van der Waals surface area contributed by atoms with E-state index in [4.69, 9.17) is 4.74 Å². The minimum Gasteiger partial charge on any atom is -0.467 e. The number of nitrogens with one attached hydrogen (secondary N) is 1. The molecule has 0 fully saturated rings. The van der Waals surface area contributed by atoms with E-state index in [1.807, 2.05) is 13.8 Å². The van der Waals surface area contributed by atoms with Gasteiger partial charge < -0.3 is 14.8 Å². The molecule has 0 radical (unpaired) electrons. The molecule has 5 heteroatoms. The van der Waals surface area contributed by atoms with Crippen molar-refractivity contribution in [2.24, 2.45) is 5.92 Å². The van der Waals surface area contributed by atoms with Gasteiger partial charge in [-0.3, -0.25) is 0 Å². The average molecular weight is 217 g/mol. The molecule has 5 nitrogen and oxygen atoms in total. The molecule has 0 rings (SSSR count). The van der Waals surface area contributed by atoms with Crippen LogP contribution in [0.5, 0.6) is 0 Å². The Morgan fingerprint density at radius 1 is 1.33 bits per heavy atom. The number of carbonyl (C=O) groups excluding carboxylic acids is 2. The fourth-order valence-corrected chi connectivity index (χ4v) is 1.14. The predicted octanol–water partition coefficient (Wildman–Crippen LogP) is 1.32. The summed E-state index contributed by atoms with van der Waals surface area (Å²) in [6.45, 7) is 5.90. The van der Waals surface area contributed by atoms with Crippen LogP contribution in [0.2, 0.25) is 0 Å². The summed E-state index contributed by atoms with van der Waals surface area (Å²) in [5.41, 5.74) is 0. The van der Waals surface area contributed by atoms with E-state index in [0.29, 0.717) is 6.42 Å². The summed E-state index contributed by atoms with van der Waals surface area (Å²) in [6, 6.07) is -0.631. The highest BCUT2D eigenvalue weighted by atomic mass is 16.6. The largest absolute Gasteiger partial charge is 0.467 e. The van der Waals surface area contributed by atoms with Crippen LogP contribution in [-0.4, -0.2) is 31.8 Å². The molecule has 0 bridgehead atoms. The second kappa shape index (κ2) is 7.09. The number of rotatable bonds is 5. The van der Waals surface area contributed by atoms with Crippen molar-refractivity contribution in [1.82, 2.24) is 5.32 Å². The van der Waals surface area contributed by atoms with Crippen molar-refractivity contribution in [1.29, 1.82) is 0 Å². The van der Waals surface area contributed by atoms with Crippen molar-refractivity contribution < 1.29 is 19.1 Å². The molecular weight excluding hydrogens is 198 g/mol. The van der Waals surface area contributed by atoms with Crippen LogP contribution < -0.4 is 5.32 Å². The van der Waals surface area contributed by atoms with Crippen molar-refractivity contribution >= 4 is 12.1 Å². The lowest BCUT2D eigenvalue weighted by atomic mass is 10.0. The number of alkyl carbamates (subject to hydrolysis) is 1. The van der Waals surface area contributed by atoms with Gasteiger partial charge in [0, 0.05) is 0 Å². The fourth-order valence-electron chi connectivity index (χ4n) is 1.14. The molecule has 0 aromatic carbocycles. The highest BCUT2D eigenvalue weighted by Crippen LogP contribution is 2.06. The molecule has 0 aliphatic rings. The molecule has 0 saturated carbocycles. The molecule has 1 N–H and O–H groups in total. The first-order valence-electron chi connectivity index (χ1n) is 5.02. The van der Waals surface area contributed by atoms with Gasteiger partial charge in [-0.1, -0.05) is 13.8 Å². The monoisotopic (exact) mass is 217 g/mol. The third kappa shape index (κ3) is 5.93. The van der Waals surface area contributed by atoms with Crippen LogP contribution in [0.4, 0.5) is 4.79 Å². The van der Waals surface area contributed by atoms with Gasteiger partial charge in [-0.25, -0.2) is 9.59 Å². The van der Waals surface area contributed by atoms with Gasteiger partial charge in [-0.15, -0.1) is 0 Å². The van der Waals surface area contributed by atoms with Gasteiger partial charge in [-0.05, 0) is 19.3 Å². The summed E-state index contributed by atoms with van der Waals surface area (Å²) in [7, 11) is 1.29. The van der Waals surface area contributed by atoms with E-state index in [2.05, 4.69) is 10.1 Å². The van der Waals surface area contributed by atoms with Crippen LogP contribution >= 0.6 is 0 Å². The van der Waals surface area contributed by atoms with E-state index < -0.39 is 18.1 Å². The number of carbonyl (C=O) groups is 2. The zero-order valence-electron chi connectivity index (χ0n) is 9.70. The quantitative estimate of drug-likeness (QED) is 0.705. The third-order valence-electron chi connectivity index (χ3n) is 1.76. The molecule has 0 aromatic rings. The van der Waals surface area contributed by atoms with Crippen LogP contribution in [0, 0.1) is 5.92 Å². The van der Waals surface area contributed by atoms with E-state index in [1.165, 1.54) is 7.11 Å². The number of hydrogen-bond donors (Lipinski definition) is 1. The van der Waals surface area contributed by atoms with Gasteiger partial charge in [-0.2, -0.15) is 0 Å². The zero-order chi connectivity index (χ0) is 11.8. The minimum atomic E-state index is -0.631. The summed E-state index contributed by atoms with van der Waals surface area (Å²) < 4.78 is 9.27. The number of hydrogen-bond acceptors (Lipinski definition) is 4. The van der Waals surface area contributed by atoms with E-state index in [9.17, 15) is 9.59 Å². The summed E-state index contributed by atoms with van der Waals surface area (Å²) in [5.74, 6) is -0.159. The SMILES string of the molecule is CCOC(=O)NC(CC(C)C)C(=O)OC. The second-order valence-electron chi connectivity index (χ2n) is 3.57. The maximum Gasteiger partial charge on any atom is 0.407 e. The Morgan fingerprint density at radius 2 is 1.93 bits per heavy atom. The van der Waals surface area contributed by atoms with Crippen LogP contribution in [0.15, 0.2) is 0 Å². The van der Waals surface area contributed by atoms with E-state index >= 15 is 0 Å². The standard InChI is InChI=1S/C10H19NO4/c1-5-15-10(13)11-8(6-7(2)3)9(12)14-4/h7-8H,5-6H2,1-4H3,(H,11,13). The van der Waals surface area contributed by atoms with E-state index in [-0.39, 0.29) is 12.5 Å². The number of esters is 1. The molecule has 0 aliphatic heterocycles. The first kappa shape index (κ1) is 13.7. The fraction of sp³-hybridized carbons (Fsp3) is 0.800. The van der Waals surface area contributed by atoms with Crippen molar-refractivity contribution in [2.45, 2.75) is 33.2 Å². The summed E-state index contributed by atoms with van der Waals surface area (Å²) in [5, 5.41) is 2.46. The molecule has 88 valence electrons. The third-order valence-corrected chi connectivity index (χ3v) is 1.76. The molecule has 0 aliphatic carbocycles. The Bertz CT molecular complexity index is 215. The Kier molecular flexibility index (Phi) is 6.49. The van der Waals surface area contributed by atoms with Crippen LogP contribution in [0.1, 0.15) is 27.2 Å². The molecule has 1 amide bonds. The maximum absolute atomic E-state index is 11.3. The van der Waals surface area contributed by atoms with Crippen molar-refractivity contribution in [2.75, 3.05) is 13.7 Å². The smallest absolute Gasteiger partial charge is 0.407 e. The van der Waals surface area contributed by atoms with Crippen molar-refractivity contribution in [3.8, 4) is 0 Å². The molecule has 15 heavy (non-hydrogen) atoms. The van der Waals surface area contributed by atoms with Gasteiger partial charge in [0.25, 0.3) is 0 Å². The highest BCUT2D eigenvalue weighted by molar-refractivity contribution is 5.81. The van der Waals surface area contributed by atoms with Gasteiger partial charge in [0.15, 0.2) is 0 Å². The van der Waals surface area contributed by atoms with Crippen molar-refractivity contribution in [3.05, 3.63) is 0 Å². The molecule has 0 saturated heterocycles. The van der Waals surface area contributed by atoms with Gasteiger partial charge in [0.1, 0.15) is 6.04 Å². The Hall–Kier alpha value is -1.26. The average Bonchev–Trinajstić information content (AvgIpc) is 2.15. The molecule has 1 unspecified atom stereocenters. The van der Waals surface area contributed by atoms with Gasteiger partial charge in [0.05, 0.1) is 13.7 Å². The molecular formula is C10H19NO4. The highest BCUT2D eigenvalue weighted by Gasteiger charge is 2.22. The zero-order valence-corrected chi connectivity index (χ0v) is 9.70. The Balaban J connectivity index is 4.24. The van der Waals surface area contributed by atoms with Crippen LogP contribution in [0.25, 0.3) is 0 Å². The van der Waals surface area contributed by atoms with Crippen LogP contribution in [-0.2, 0) is 14.3 Å². The number of amides is 1. The molecule has 1 atom stereocenters. The molecule has 0 heterocycles. The lowest BCUT2D eigenvalue weighted by molar-refractivity contribution is -0.143. The number of methoxy groups -OCH3 is 1. The number of ether oxygens (including phenoxy) is 2. The first-order valence-corrected chi connectivity index (χ1v) is 5.02. The van der Waals surface area contributed by atoms with Gasteiger partial charge in [0.2, 0.25) is 0 Å². The normalized spacial score (nSPS) is 12.1. The molecule has 0 spiro atoms. The van der Waals surface area contributed by atoms with E-state index in [0.717, 1.165) is 0 Å². The van der Waals surface area contributed by atoms with E-state index in [1.54, 1.807) is 6.92 Å². The summed E-state index contributed by atoms with van der Waals surface area (Å²) in [6.07, 6.45) is -0.0561. The lowest BCUT2D eigenvalue weighted by Crippen LogP contribution is -2.42. The lowest BCUT2D eigenvalue weighted by Gasteiger charge is -2.17. The predicted molar refractivity (Wildman–Crippen MR) is 55.4 cm³/mol. The van der Waals surface area contributed by atoms with Gasteiger partial charge >= 0.3 is 12.1 Å². The summed E-state index contributed by atoms with van der Waals surface area (Å²) >= 11 is 0. The maximum atomic E-state index is 11.3. The van der Waals surface area contributed by atoms with Crippen molar-refractivity contribution in [3.63, 3.8) is 0 Å².